The van der Waals surface area contributed by atoms with E-state index in [0.717, 1.165) is 65.3 Å². The van der Waals surface area contributed by atoms with Gasteiger partial charge in [0.25, 0.3) is 0 Å². The predicted octanol–water partition coefficient (Wildman–Crippen LogP) is 6.20. The molecule has 0 radical (unpaired) electrons. The van der Waals surface area contributed by atoms with Gasteiger partial charge in [-0.25, -0.2) is 0 Å². The van der Waals surface area contributed by atoms with E-state index in [1.54, 1.807) is 12.3 Å². The molecule has 3 aromatic heterocycles. The minimum absolute atomic E-state index is 0.0165. The molecule has 0 fully saturated rings. The Morgan fingerprint density at radius 2 is 1.04 bits per heavy atom. The van der Waals surface area contributed by atoms with Crippen molar-refractivity contribution >= 4 is 6.29 Å². The van der Waals surface area contributed by atoms with Crippen molar-refractivity contribution in [3.05, 3.63) is 148 Å². The lowest BCUT2D eigenvalue weighted by Crippen LogP contribution is -2.29. The highest BCUT2D eigenvalue weighted by Gasteiger charge is 2.19. The lowest BCUT2D eigenvalue weighted by Gasteiger charge is -2.26. The minimum Gasteiger partial charge on any atom is -0.507 e. The quantitative estimate of drug-likeness (QED) is 0.134. The van der Waals surface area contributed by atoms with Gasteiger partial charge in [-0.05, 0) is 61.9 Å². The number of aryl methyl sites for hydroxylation is 2. The van der Waals surface area contributed by atoms with E-state index >= 15 is 0 Å². The van der Waals surface area contributed by atoms with E-state index in [0.29, 0.717) is 38.0 Å². The lowest BCUT2D eigenvalue weighted by molar-refractivity contribution is 0.112. The normalized spacial score (nSPS) is 11.3. The largest absolute Gasteiger partial charge is 0.507 e. The Labute approximate surface area is 271 Å². The molecule has 0 unspecified atom stereocenters. The average Bonchev–Trinajstić information content (AvgIpc) is 3.07. The Hall–Kier alpha value is -4.92. The number of carbonyl (C=O) groups excluding carboxylic acids is 1. The van der Waals surface area contributed by atoms with Crippen molar-refractivity contribution in [3.8, 4) is 11.5 Å². The molecular weight excluding hydrogens is 574 g/mol. The first-order valence-corrected chi connectivity index (χ1v) is 15.6. The van der Waals surface area contributed by atoms with Crippen LogP contribution in [0.15, 0.2) is 97.5 Å². The van der Waals surface area contributed by atoms with Gasteiger partial charge in [-0.15, -0.1) is 0 Å². The van der Waals surface area contributed by atoms with Gasteiger partial charge in [-0.3, -0.25) is 29.5 Å². The fourth-order valence-electron chi connectivity index (χ4n) is 5.79. The summed E-state index contributed by atoms with van der Waals surface area (Å²) >= 11 is 0. The van der Waals surface area contributed by atoms with Gasteiger partial charge in [-0.1, -0.05) is 42.0 Å². The summed E-state index contributed by atoms with van der Waals surface area (Å²) < 4.78 is 0. The van der Waals surface area contributed by atoms with Gasteiger partial charge < -0.3 is 10.2 Å². The van der Waals surface area contributed by atoms with E-state index in [9.17, 15) is 15.0 Å². The molecule has 0 aliphatic heterocycles. The standard InChI is InChI=1S/C38H41N5O3/c1-28-19-30(23-42(17-12-34-9-3-6-14-39-34)18-13-35-10-4-7-15-40-35)37(45)31(20-28)24-43(26-36-11-5-8-16-41-36)25-32-21-29(2)22-33(27-44)38(32)46/h3-11,14-16,19-22,27,45-46H,12-13,17-18,23-26H2,1-2H3. The first-order chi connectivity index (χ1) is 22.4. The molecule has 0 aliphatic rings. The van der Waals surface area contributed by atoms with E-state index in [-0.39, 0.29) is 17.1 Å². The van der Waals surface area contributed by atoms with Crippen molar-refractivity contribution in [1.29, 1.82) is 0 Å². The molecule has 46 heavy (non-hydrogen) atoms. The van der Waals surface area contributed by atoms with Crippen LogP contribution in [-0.4, -0.2) is 54.3 Å². The van der Waals surface area contributed by atoms with E-state index in [2.05, 4.69) is 30.8 Å². The number of hydrogen-bond donors (Lipinski definition) is 2. The number of aromatic nitrogens is 3. The molecule has 0 aliphatic carbocycles. The summed E-state index contributed by atoms with van der Waals surface area (Å²) in [7, 11) is 0. The second kappa shape index (κ2) is 15.9. The van der Waals surface area contributed by atoms with Gasteiger partial charge in [0.2, 0.25) is 0 Å². The molecule has 8 nitrogen and oxygen atoms in total. The fraction of sp³-hybridized carbons (Fsp3) is 0.263. The minimum atomic E-state index is -0.0165. The molecule has 3 heterocycles. The topological polar surface area (TPSA) is 103 Å². The van der Waals surface area contributed by atoms with Crippen LogP contribution >= 0.6 is 0 Å². The zero-order valence-electron chi connectivity index (χ0n) is 26.5. The number of rotatable bonds is 15. The number of aldehydes is 1. The monoisotopic (exact) mass is 615 g/mol. The third-order valence-corrected chi connectivity index (χ3v) is 8.02. The van der Waals surface area contributed by atoms with Gasteiger partial charge in [0.15, 0.2) is 6.29 Å². The summed E-state index contributed by atoms with van der Waals surface area (Å²) in [4.78, 5) is 29.7. The first-order valence-electron chi connectivity index (χ1n) is 15.6. The van der Waals surface area contributed by atoms with E-state index in [4.69, 9.17) is 0 Å². The number of pyridine rings is 3. The average molecular weight is 616 g/mol. The molecule has 5 rings (SSSR count). The number of phenolic OH excluding ortho intramolecular Hbond substituents is 2. The maximum Gasteiger partial charge on any atom is 0.153 e. The van der Waals surface area contributed by atoms with Crippen molar-refractivity contribution in [1.82, 2.24) is 24.8 Å². The van der Waals surface area contributed by atoms with Crippen LogP contribution in [0.2, 0.25) is 0 Å². The molecule has 0 spiro atoms. The van der Waals surface area contributed by atoms with Crippen molar-refractivity contribution in [2.75, 3.05) is 13.1 Å². The number of benzene rings is 2. The molecule has 0 amide bonds. The third-order valence-electron chi connectivity index (χ3n) is 8.02. The summed E-state index contributed by atoms with van der Waals surface area (Å²) in [5.74, 6) is 0.247. The second-order valence-corrected chi connectivity index (χ2v) is 11.8. The van der Waals surface area contributed by atoms with Crippen LogP contribution in [0.25, 0.3) is 0 Å². The number of phenols is 2. The summed E-state index contributed by atoms with van der Waals surface area (Å²) in [6, 6.07) is 25.4. The van der Waals surface area contributed by atoms with Gasteiger partial charge >= 0.3 is 0 Å². The number of aromatic hydroxyl groups is 2. The van der Waals surface area contributed by atoms with Crippen LogP contribution in [0.1, 0.15) is 55.3 Å². The van der Waals surface area contributed by atoms with Crippen molar-refractivity contribution < 1.29 is 15.0 Å². The van der Waals surface area contributed by atoms with Gasteiger partial charge in [0, 0.05) is 98.8 Å². The highest BCUT2D eigenvalue weighted by molar-refractivity contribution is 5.80. The molecular formula is C38H41N5O3. The van der Waals surface area contributed by atoms with Crippen LogP contribution in [0.4, 0.5) is 0 Å². The molecule has 0 saturated carbocycles. The molecule has 0 bridgehead atoms. The van der Waals surface area contributed by atoms with E-state index in [1.807, 2.05) is 93.0 Å². The SMILES string of the molecule is Cc1cc(C=O)c(O)c(CN(Cc2ccccn2)Cc2cc(C)cc(CN(CCc3ccccn3)CCc3ccccn3)c2O)c1. The summed E-state index contributed by atoms with van der Waals surface area (Å²) in [6.07, 6.45) is 7.67. The highest BCUT2D eigenvalue weighted by Crippen LogP contribution is 2.30. The Morgan fingerprint density at radius 1 is 0.587 bits per heavy atom. The molecule has 0 saturated heterocycles. The lowest BCUT2D eigenvalue weighted by atomic mass is 10.0. The number of nitrogens with zero attached hydrogens (tertiary/aromatic N) is 5. The Balaban J connectivity index is 1.40. The zero-order chi connectivity index (χ0) is 32.3. The zero-order valence-corrected chi connectivity index (χ0v) is 26.5. The maximum atomic E-state index is 11.7. The molecule has 236 valence electrons. The molecule has 5 aromatic rings. The fourth-order valence-corrected chi connectivity index (χ4v) is 5.79. The van der Waals surface area contributed by atoms with Crippen LogP contribution in [0, 0.1) is 13.8 Å². The summed E-state index contributed by atoms with van der Waals surface area (Å²) in [5.41, 5.74) is 7.45. The molecule has 0 atom stereocenters. The number of carbonyl (C=O) groups is 1. The van der Waals surface area contributed by atoms with E-state index < -0.39 is 0 Å². The smallest absolute Gasteiger partial charge is 0.153 e. The Bertz CT molecular complexity index is 1670. The summed E-state index contributed by atoms with van der Waals surface area (Å²) in [6.45, 7) is 7.37. The van der Waals surface area contributed by atoms with Crippen molar-refractivity contribution in [2.24, 2.45) is 0 Å². The molecule has 2 N–H and O–H groups in total. The first kappa shape index (κ1) is 32.5. The van der Waals surface area contributed by atoms with Crippen LogP contribution < -0.4 is 0 Å². The van der Waals surface area contributed by atoms with E-state index in [1.165, 1.54) is 0 Å². The van der Waals surface area contributed by atoms with Crippen molar-refractivity contribution in [2.45, 2.75) is 52.9 Å². The summed E-state index contributed by atoms with van der Waals surface area (Å²) in [5, 5.41) is 22.6. The Kier molecular flexibility index (Phi) is 11.2. The molecule has 2 aromatic carbocycles. The Morgan fingerprint density at radius 3 is 1.52 bits per heavy atom. The molecule has 8 heteroatoms. The predicted molar refractivity (Wildman–Crippen MR) is 179 cm³/mol. The third kappa shape index (κ3) is 9.06. The second-order valence-electron chi connectivity index (χ2n) is 11.8. The van der Waals surface area contributed by atoms with Crippen molar-refractivity contribution in [3.63, 3.8) is 0 Å². The van der Waals surface area contributed by atoms with Gasteiger partial charge in [0.1, 0.15) is 11.5 Å². The van der Waals surface area contributed by atoms with Crippen LogP contribution in [0.5, 0.6) is 11.5 Å². The number of hydrogen-bond acceptors (Lipinski definition) is 8. The van der Waals surface area contributed by atoms with Gasteiger partial charge in [0.05, 0.1) is 11.3 Å². The van der Waals surface area contributed by atoms with Crippen LogP contribution in [0.3, 0.4) is 0 Å². The highest BCUT2D eigenvalue weighted by atomic mass is 16.3. The van der Waals surface area contributed by atoms with Crippen LogP contribution in [-0.2, 0) is 39.0 Å². The van der Waals surface area contributed by atoms with Gasteiger partial charge in [-0.2, -0.15) is 0 Å². The maximum absolute atomic E-state index is 11.7.